The Bertz CT molecular complexity index is 496. The van der Waals surface area contributed by atoms with Crippen molar-refractivity contribution in [3.8, 4) is 0 Å². The zero-order valence-electron chi connectivity index (χ0n) is 11.6. The van der Waals surface area contributed by atoms with Gasteiger partial charge in [-0.1, -0.05) is 0 Å². The molecule has 1 amide bonds. The Kier molecular flexibility index (Phi) is 4.08. The summed E-state index contributed by atoms with van der Waals surface area (Å²) in [7, 11) is 0. The summed E-state index contributed by atoms with van der Waals surface area (Å²) in [5, 5.41) is 5.52. The van der Waals surface area contributed by atoms with E-state index in [2.05, 4.69) is 15.2 Å². The monoisotopic (exact) mass is 316 g/mol. The topological polar surface area (TPSA) is 48.5 Å². The Balaban J connectivity index is 1.59. The highest BCUT2D eigenvalue weighted by molar-refractivity contribution is 7.13. The van der Waals surface area contributed by atoms with Gasteiger partial charge >= 0.3 is 0 Å². The number of aromatic nitrogens is 1. The molecular formula is C13H18F2N4OS. The minimum absolute atomic E-state index is 0.201. The van der Waals surface area contributed by atoms with Crippen molar-refractivity contribution < 1.29 is 13.6 Å². The Hall–Kier alpha value is -1.28. The van der Waals surface area contributed by atoms with E-state index in [-0.39, 0.29) is 5.91 Å². The van der Waals surface area contributed by atoms with Gasteiger partial charge in [-0.05, 0) is 6.42 Å². The van der Waals surface area contributed by atoms with Gasteiger partial charge in [0.25, 0.3) is 5.92 Å². The van der Waals surface area contributed by atoms with E-state index in [1.807, 2.05) is 5.38 Å². The van der Waals surface area contributed by atoms with E-state index in [1.165, 1.54) is 0 Å². The highest BCUT2D eigenvalue weighted by Crippen LogP contribution is 2.26. The summed E-state index contributed by atoms with van der Waals surface area (Å²) in [6, 6.07) is -0.744. The molecule has 3 heterocycles. The first-order valence-corrected chi connectivity index (χ1v) is 7.98. The van der Waals surface area contributed by atoms with Crippen molar-refractivity contribution in [3.63, 3.8) is 0 Å². The molecule has 116 valence electrons. The Morgan fingerprint density at radius 3 is 2.90 bits per heavy atom. The molecule has 3 rings (SSSR count). The molecule has 8 heteroatoms. The predicted octanol–water partition coefficient (Wildman–Crippen LogP) is 1.18. The Morgan fingerprint density at radius 2 is 2.24 bits per heavy atom. The van der Waals surface area contributed by atoms with Gasteiger partial charge in [0, 0.05) is 44.2 Å². The van der Waals surface area contributed by atoms with E-state index in [4.69, 9.17) is 0 Å². The number of carbonyl (C=O) groups is 1. The zero-order valence-corrected chi connectivity index (χ0v) is 12.4. The van der Waals surface area contributed by atoms with E-state index in [9.17, 15) is 13.6 Å². The van der Waals surface area contributed by atoms with Crippen molar-refractivity contribution in [1.29, 1.82) is 0 Å². The van der Waals surface area contributed by atoms with Crippen molar-refractivity contribution in [2.75, 3.05) is 37.6 Å². The van der Waals surface area contributed by atoms with Crippen LogP contribution in [0.15, 0.2) is 11.6 Å². The number of anilines is 1. The number of hydrogen-bond donors (Lipinski definition) is 1. The van der Waals surface area contributed by atoms with Crippen LogP contribution in [0.5, 0.6) is 0 Å². The number of hydrogen-bond acceptors (Lipinski definition) is 5. The van der Waals surface area contributed by atoms with Crippen LogP contribution in [0.3, 0.4) is 0 Å². The van der Waals surface area contributed by atoms with E-state index in [0.717, 1.165) is 18.1 Å². The normalized spacial score (nSPS) is 25.9. The lowest BCUT2D eigenvalue weighted by atomic mass is 10.1. The molecular weight excluding hydrogens is 298 g/mol. The number of alkyl halides is 2. The maximum Gasteiger partial charge on any atom is 0.262 e. The number of amides is 1. The van der Waals surface area contributed by atoms with Crippen LogP contribution in [0, 0.1) is 0 Å². The van der Waals surface area contributed by atoms with Crippen LogP contribution in [-0.2, 0) is 4.79 Å². The molecule has 1 aromatic rings. The summed E-state index contributed by atoms with van der Waals surface area (Å²) in [5.74, 6) is -2.97. The largest absolute Gasteiger partial charge is 0.346 e. The summed E-state index contributed by atoms with van der Waals surface area (Å²) >= 11 is 1.57. The van der Waals surface area contributed by atoms with Crippen molar-refractivity contribution in [2.24, 2.45) is 0 Å². The molecule has 1 atom stereocenters. The van der Waals surface area contributed by atoms with Gasteiger partial charge in [-0.3, -0.25) is 10.1 Å². The molecule has 21 heavy (non-hydrogen) atoms. The molecule has 0 radical (unpaired) electrons. The molecule has 1 aromatic heterocycles. The van der Waals surface area contributed by atoms with Crippen molar-refractivity contribution in [1.82, 2.24) is 15.2 Å². The second kappa shape index (κ2) is 5.84. The fourth-order valence-corrected chi connectivity index (χ4v) is 3.51. The molecule has 0 saturated carbocycles. The average molecular weight is 316 g/mol. The first-order chi connectivity index (χ1) is 10.1. The van der Waals surface area contributed by atoms with Crippen LogP contribution >= 0.6 is 11.3 Å². The maximum atomic E-state index is 13.2. The van der Waals surface area contributed by atoms with Crippen LogP contribution in [0.2, 0.25) is 0 Å². The van der Waals surface area contributed by atoms with Gasteiger partial charge < -0.3 is 9.80 Å². The molecule has 2 aliphatic heterocycles. The summed E-state index contributed by atoms with van der Waals surface area (Å²) in [6.07, 6.45) is 2.20. The summed E-state index contributed by atoms with van der Waals surface area (Å²) in [6.45, 7) is 2.31. The molecule has 1 unspecified atom stereocenters. The smallest absolute Gasteiger partial charge is 0.262 e. The van der Waals surface area contributed by atoms with Gasteiger partial charge in [-0.25, -0.2) is 13.8 Å². The van der Waals surface area contributed by atoms with Crippen LogP contribution in [0.4, 0.5) is 13.9 Å². The van der Waals surface area contributed by atoms with E-state index >= 15 is 0 Å². The predicted molar refractivity (Wildman–Crippen MR) is 76.9 cm³/mol. The van der Waals surface area contributed by atoms with Gasteiger partial charge in [-0.2, -0.15) is 0 Å². The standard InChI is InChI=1S/C13H18F2N4OS/c14-13(15)8-10(17-9-13)11(20)18-3-1-4-19(6-5-18)12-16-2-7-21-12/h2,7,10,17H,1,3-6,8-9H2. The Labute approximate surface area is 125 Å². The minimum Gasteiger partial charge on any atom is -0.346 e. The van der Waals surface area contributed by atoms with E-state index < -0.39 is 24.9 Å². The van der Waals surface area contributed by atoms with E-state index in [0.29, 0.717) is 19.6 Å². The molecule has 0 spiro atoms. The van der Waals surface area contributed by atoms with Crippen LogP contribution < -0.4 is 10.2 Å². The molecule has 5 nitrogen and oxygen atoms in total. The zero-order chi connectivity index (χ0) is 14.9. The highest BCUT2D eigenvalue weighted by Gasteiger charge is 2.43. The molecule has 0 aromatic carbocycles. The van der Waals surface area contributed by atoms with Gasteiger partial charge in [0.15, 0.2) is 5.13 Å². The first kappa shape index (κ1) is 14.6. The lowest BCUT2D eigenvalue weighted by Gasteiger charge is -2.24. The lowest BCUT2D eigenvalue weighted by molar-refractivity contribution is -0.133. The fourth-order valence-electron chi connectivity index (χ4n) is 2.81. The van der Waals surface area contributed by atoms with Gasteiger partial charge in [0.05, 0.1) is 12.6 Å². The molecule has 0 aliphatic carbocycles. The SMILES string of the molecule is O=C(C1CC(F)(F)CN1)N1CCCN(c2nccs2)CC1. The second-order valence-electron chi connectivity index (χ2n) is 5.47. The summed E-state index contributed by atoms with van der Waals surface area (Å²) < 4.78 is 26.4. The number of thiazole rings is 1. The third-order valence-corrected chi connectivity index (χ3v) is 4.74. The highest BCUT2D eigenvalue weighted by atomic mass is 32.1. The number of nitrogens with zero attached hydrogens (tertiary/aromatic N) is 3. The quantitative estimate of drug-likeness (QED) is 0.890. The van der Waals surface area contributed by atoms with Crippen LogP contribution in [0.1, 0.15) is 12.8 Å². The van der Waals surface area contributed by atoms with Crippen LogP contribution in [0.25, 0.3) is 0 Å². The third kappa shape index (κ3) is 3.32. The number of carbonyl (C=O) groups excluding carboxylic acids is 1. The van der Waals surface area contributed by atoms with Gasteiger partial charge in [0.2, 0.25) is 5.91 Å². The minimum atomic E-state index is -2.76. The summed E-state index contributed by atoms with van der Waals surface area (Å²) in [5.41, 5.74) is 0. The first-order valence-electron chi connectivity index (χ1n) is 7.10. The average Bonchev–Trinajstić information content (AvgIpc) is 3.02. The molecule has 0 bridgehead atoms. The van der Waals surface area contributed by atoms with Crippen LogP contribution in [-0.4, -0.2) is 60.5 Å². The fraction of sp³-hybridized carbons (Fsp3) is 0.692. The van der Waals surface area contributed by atoms with E-state index in [1.54, 1.807) is 22.4 Å². The molecule has 2 fully saturated rings. The molecule has 1 N–H and O–H groups in total. The van der Waals surface area contributed by atoms with Crippen molar-refractivity contribution >= 4 is 22.4 Å². The number of rotatable bonds is 2. The van der Waals surface area contributed by atoms with Gasteiger partial charge in [0.1, 0.15) is 0 Å². The van der Waals surface area contributed by atoms with Gasteiger partial charge in [-0.15, -0.1) is 11.3 Å². The van der Waals surface area contributed by atoms with Crippen molar-refractivity contribution in [3.05, 3.63) is 11.6 Å². The number of halogens is 2. The molecule has 2 saturated heterocycles. The third-order valence-electron chi connectivity index (χ3n) is 3.91. The summed E-state index contributed by atoms with van der Waals surface area (Å²) in [4.78, 5) is 20.5. The van der Waals surface area contributed by atoms with Crippen molar-refractivity contribution in [2.45, 2.75) is 24.8 Å². The second-order valence-corrected chi connectivity index (χ2v) is 6.35. The molecule has 2 aliphatic rings. The lowest BCUT2D eigenvalue weighted by Crippen LogP contribution is -2.45. The maximum absolute atomic E-state index is 13.2. The Morgan fingerprint density at radius 1 is 1.38 bits per heavy atom. The number of nitrogens with one attached hydrogen (secondary N) is 1.